The van der Waals surface area contributed by atoms with Crippen molar-refractivity contribution in [1.82, 2.24) is 4.90 Å². The van der Waals surface area contributed by atoms with Crippen molar-refractivity contribution in [2.24, 2.45) is 0 Å². The SMILES string of the molecule is O=C(O)C1CSCCN1C(=O)c1ccc(Cl)c(Br)c1. The number of carbonyl (C=O) groups is 2. The van der Waals surface area contributed by atoms with E-state index in [0.717, 1.165) is 5.75 Å². The number of thioether (sulfide) groups is 1. The lowest BCUT2D eigenvalue weighted by molar-refractivity contribution is -0.141. The molecule has 0 radical (unpaired) electrons. The molecule has 0 spiro atoms. The van der Waals surface area contributed by atoms with Crippen LogP contribution < -0.4 is 0 Å². The van der Waals surface area contributed by atoms with E-state index in [1.165, 1.54) is 4.90 Å². The smallest absolute Gasteiger partial charge is 0.327 e. The first-order valence-electron chi connectivity index (χ1n) is 5.57. The van der Waals surface area contributed by atoms with Gasteiger partial charge in [0.1, 0.15) is 6.04 Å². The van der Waals surface area contributed by atoms with Gasteiger partial charge in [-0.1, -0.05) is 11.6 Å². The van der Waals surface area contributed by atoms with Crippen molar-refractivity contribution in [3.05, 3.63) is 33.3 Å². The molecule has 19 heavy (non-hydrogen) atoms. The van der Waals surface area contributed by atoms with Crippen molar-refractivity contribution in [3.63, 3.8) is 0 Å². The van der Waals surface area contributed by atoms with E-state index >= 15 is 0 Å². The van der Waals surface area contributed by atoms with Crippen LogP contribution >= 0.6 is 39.3 Å². The first-order valence-corrected chi connectivity index (χ1v) is 7.90. The van der Waals surface area contributed by atoms with Gasteiger partial charge in [0, 0.05) is 28.1 Å². The van der Waals surface area contributed by atoms with Crippen molar-refractivity contribution < 1.29 is 14.7 Å². The summed E-state index contributed by atoms with van der Waals surface area (Å²) in [5, 5.41) is 9.68. The Bertz CT molecular complexity index is 526. The summed E-state index contributed by atoms with van der Waals surface area (Å²) >= 11 is 10.7. The van der Waals surface area contributed by atoms with Crippen molar-refractivity contribution in [3.8, 4) is 0 Å². The second-order valence-corrected chi connectivity index (χ2v) is 6.47. The first kappa shape index (κ1) is 14.7. The summed E-state index contributed by atoms with van der Waals surface area (Å²) in [4.78, 5) is 25.0. The van der Waals surface area contributed by atoms with E-state index in [9.17, 15) is 9.59 Å². The molecule has 0 saturated carbocycles. The Labute approximate surface area is 128 Å². The molecule has 1 N–H and O–H groups in total. The Morgan fingerprint density at radius 3 is 2.84 bits per heavy atom. The summed E-state index contributed by atoms with van der Waals surface area (Å²) in [5.74, 6) is -0.0567. The molecule has 1 aliphatic heterocycles. The quantitative estimate of drug-likeness (QED) is 0.876. The van der Waals surface area contributed by atoms with E-state index in [1.54, 1.807) is 30.0 Å². The Morgan fingerprint density at radius 2 is 2.21 bits per heavy atom. The van der Waals surface area contributed by atoms with Crippen molar-refractivity contribution in [2.45, 2.75) is 6.04 Å². The first-order chi connectivity index (χ1) is 9.00. The highest BCUT2D eigenvalue weighted by atomic mass is 79.9. The van der Waals surface area contributed by atoms with Crippen LogP contribution in [0.1, 0.15) is 10.4 Å². The van der Waals surface area contributed by atoms with Crippen LogP contribution in [0, 0.1) is 0 Å². The standard InChI is InChI=1S/C12H11BrClNO3S/c13-8-5-7(1-2-9(8)14)11(16)15-3-4-19-6-10(15)12(17)18/h1-2,5,10H,3-4,6H2,(H,17,18). The number of benzene rings is 1. The normalized spacial score (nSPS) is 19.3. The molecular weight excluding hydrogens is 354 g/mol. The van der Waals surface area contributed by atoms with E-state index in [-0.39, 0.29) is 5.91 Å². The Balaban J connectivity index is 2.26. The van der Waals surface area contributed by atoms with Gasteiger partial charge in [-0.05, 0) is 34.1 Å². The molecule has 4 nitrogen and oxygen atoms in total. The fourth-order valence-electron chi connectivity index (χ4n) is 1.85. The molecule has 1 aliphatic rings. The maximum atomic E-state index is 12.4. The zero-order valence-corrected chi connectivity index (χ0v) is 13.0. The monoisotopic (exact) mass is 363 g/mol. The third kappa shape index (κ3) is 3.24. The molecule has 2 rings (SSSR count). The number of halogens is 2. The van der Waals surface area contributed by atoms with Crippen LogP contribution in [0.25, 0.3) is 0 Å². The van der Waals surface area contributed by atoms with Gasteiger partial charge in [0.15, 0.2) is 0 Å². The van der Waals surface area contributed by atoms with Crippen LogP contribution in [0.3, 0.4) is 0 Å². The molecule has 1 unspecified atom stereocenters. The van der Waals surface area contributed by atoms with Gasteiger partial charge < -0.3 is 10.0 Å². The van der Waals surface area contributed by atoms with Gasteiger partial charge >= 0.3 is 5.97 Å². The number of rotatable bonds is 2. The zero-order valence-electron chi connectivity index (χ0n) is 9.81. The van der Waals surface area contributed by atoms with Gasteiger partial charge in [-0.25, -0.2) is 4.79 Å². The molecule has 7 heteroatoms. The molecule has 1 amide bonds. The fourth-order valence-corrected chi connectivity index (χ4v) is 3.38. The van der Waals surface area contributed by atoms with Crippen LogP contribution in [-0.2, 0) is 4.79 Å². The lowest BCUT2D eigenvalue weighted by Gasteiger charge is -2.32. The highest BCUT2D eigenvalue weighted by Crippen LogP contribution is 2.25. The van der Waals surface area contributed by atoms with E-state index < -0.39 is 12.0 Å². The molecular formula is C12H11BrClNO3S. The van der Waals surface area contributed by atoms with Crippen LogP contribution in [0.15, 0.2) is 22.7 Å². The number of carboxylic acid groups (broad SMARTS) is 1. The van der Waals surface area contributed by atoms with Gasteiger partial charge in [0.05, 0.1) is 5.02 Å². The lowest BCUT2D eigenvalue weighted by Crippen LogP contribution is -2.50. The molecule has 1 aromatic rings. The Morgan fingerprint density at radius 1 is 1.47 bits per heavy atom. The average Bonchev–Trinajstić information content (AvgIpc) is 2.41. The highest BCUT2D eigenvalue weighted by molar-refractivity contribution is 9.10. The molecule has 0 aliphatic carbocycles. The molecule has 0 bridgehead atoms. The number of hydrogen-bond acceptors (Lipinski definition) is 3. The highest BCUT2D eigenvalue weighted by Gasteiger charge is 2.32. The number of carboxylic acids is 1. The minimum atomic E-state index is -0.964. The van der Waals surface area contributed by atoms with Crippen LogP contribution in [0.5, 0.6) is 0 Å². The summed E-state index contributed by atoms with van der Waals surface area (Å²) in [5.41, 5.74) is 0.439. The van der Waals surface area contributed by atoms with E-state index in [2.05, 4.69) is 15.9 Å². The number of carbonyl (C=O) groups excluding carboxylic acids is 1. The third-order valence-corrected chi connectivity index (χ3v) is 5.08. The summed E-state index contributed by atoms with van der Waals surface area (Å²) in [7, 11) is 0. The minimum absolute atomic E-state index is 0.273. The fraction of sp³-hybridized carbons (Fsp3) is 0.333. The van der Waals surface area contributed by atoms with Gasteiger partial charge in [-0.15, -0.1) is 0 Å². The minimum Gasteiger partial charge on any atom is -0.480 e. The van der Waals surface area contributed by atoms with E-state index in [0.29, 0.717) is 27.4 Å². The van der Waals surface area contributed by atoms with E-state index in [4.69, 9.17) is 16.7 Å². The van der Waals surface area contributed by atoms with Crippen LogP contribution in [0.2, 0.25) is 5.02 Å². The van der Waals surface area contributed by atoms with E-state index in [1.807, 2.05) is 0 Å². The molecule has 0 aromatic heterocycles. The van der Waals surface area contributed by atoms with Gasteiger partial charge in [0.25, 0.3) is 5.91 Å². The predicted molar refractivity (Wildman–Crippen MR) is 78.9 cm³/mol. The number of aliphatic carboxylic acids is 1. The maximum Gasteiger partial charge on any atom is 0.327 e. The zero-order chi connectivity index (χ0) is 14.0. The Kier molecular flexibility index (Phi) is 4.76. The second kappa shape index (κ2) is 6.15. The molecule has 1 fully saturated rings. The summed E-state index contributed by atoms with van der Waals surface area (Å²) in [6.07, 6.45) is 0. The summed E-state index contributed by atoms with van der Waals surface area (Å²) in [6, 6.07) is 4.08. The molecule has 1 saturated heterocycles. The average molecular weight is 365 g/mol. The number of amides is 1. The number of hydrogen-bond donors (Lipinski definition) is 1. The Hall–Kier alpha value is -0.720. The topological polar surface area (TPSA) is 57.6 Å². The largest absolute Gasteiger partial charge is 0.480 e. The third-order valence-electron chi connectivity index (χ3n) is 2.84. The summed E-state index contributed by atoms with van der Waals surface area (Å²) < 4.78 is 0.623. The van der Waals surface area contributed by atoms with Crippen LogP contribution in [-0.4, -0.2) is 46.0 Å². The van der Waals surface area contributed by atoms with Gasteiger partial charge in [-0.2, -0.15) is 11.8 Å². The molecule has 1 atom stereocenters. The molecule has 102 valence electrons. The molecule has 1 aromatic carbocycles. The number of nitrogens with zero attached hydrogens (tertiary/aromatic N) is 1. The summed E-state index contributed by atoms with van der Waals surface area (Å²) in [6.45, 7) is 0.445. The van der Waals surface area contributed by atoms with Gasteiger partial charge in [0.2, 0.25) is 0 Å². The van der Waals surface area contributed by atoms with Crippen molar-refractivity contribution in [2.75, 3.05) is 18.1 Å². The van der Waals surface area contributed by atoms with Crippen molar-refractivity contribution in [1.29, 1.82) is 0 Å². The van der Waals surface area contributed by atoms with Crippen molar-refractivity contribution >= 4 is 51.2 Å². The molecule has 1 heterocycles. The predicted octanol–water partition coefficient (Wildman–Crippen LogP) is 2.74. The maximum absolute atomic E-state index is 12.4. The second-order valence-electron chi connectivity index (χ2n) is 4.06. The van der Waals surface area contributed by atoms with Gasteiger partial charge in [-0.3, -0.25) is 4.79 Å². The lowest BCUT2D eigenvalue weighted by atomic mass is 10.1. The van der Waals surface area contributed by atoms with Crippen LogP contribution in [0.4, 0.5) is 0 Å².